The zero-order valence-electron chi connectivity index (χ0n) is 21.4. The largest absolute Gasteiger partial charge is 0.460 e. The molecule has 2 aromatic rings. The molecular formula is C30H26N2O8. The van der Waals surface area contributed by atoms with Crippen molar-refractivity contribution in [2.45, 2.75) is 0 Å². The second-order valence-electron chi connectivity index (χ2n) is 10.3. The molecule has 2 bridgehead atoms. The van der Waals surface area contributed by atoms with E-state index in [4.69, 9.17) is 9.47 Å². The number of imide groups is 2. The van der Waals surface area contributed by atoms with Gasteiger partial charge in [0, 0.05) is 11.8 Å². The third-order valence-electron chi connectivity index (χ3n) is 8.31. The van der Waals surface area contributed by atoms with Gasteiger partial charge >= 0.3 is 11.9 Å². The minimum Gasteiger partial charge on any atom is -0.460 e. The van der Waals surface area contributed by atoms with Crippen LogP contribution < -0.4 is 0 Å². The molecule has 4 amide bonds. The van der Waals surface area contributed by atoms with Crippen molar-refractivity contribution >= 4 is 35.6 Å². The van der Waals surface area contributed by atoms with E-state index in [1.807, 2.05) is 0 Å². The Labute approximate surface area is 229 Å². The summed E-state index contributed by atoms with van der Waals surface area (Å²) in [4.78, 5) is 80.2. The molecule has 2 saturated heterocycles. The molecule has 0 spiro atoms. The third kappa shape index (κ3) is 4.11. The Balaban J connectivity index is 1.11. The number of allylic oxidation sites excluding steroid dienone is 2. The lowest BCUT2D eigenvalue weighted by atomic mass is 9.54. The second-order valence-corrected chi connectivity index (χ2v) is 10.3. The molecule has 10 heteroatoms. The number of ether oxygens (including phenoxy) is 2. The van der Waals surface area contributed by atoms with Crippen LogP contribution in [-0.2, 0) is 28.7 Å². The molecule has 0 N–H and O–H groups in total. The maximum Gasteiger partial charge on any atom is 0.338 e. The monoisotopic (exact) mass is 542 g/mol. The number of likely N-dealkylation sites (tertiary alicyclic amines) is 2. The molecule has 1 saturated carbocycles. The summed E-state index contributed by atoms with van der Waals surface area (Å²) in [7, 11) is 0. The SMILES string of the molecule is O=C(OCCN1C(=O)C2C3C=CC(C2C1=O)C1C(=O)N(CCOC(=O)c2ccccc2)C(=O)C31)c1ccccc1. The lowest BCUT2D eigenvalue weighted by molar-refractivity contribution is -0.140. The summed E-state index contributed by atoms with van der Waals surface area (Å²) in [6.07, 6.45) is 3.56. The van der Waals surface area contributed by atoms with Crippen LogP contribution in [0.2, 0.25) is 0 Å². The van der Waals surface area contributed by atoms with Gasteiger partial charge in [0.2, 0.25) is 23.6 Å². The van der Waals surface area contributed by atoms with Crippen LogP contribution in [0.25, 0.3) is 0 Å². The van der Waals surface area contributed by atoms with Crippen molar-refractivity contribution in [1.29, 1.82) is 0 Å². The fourth-order valence-electron chi connectivity index (χ4n) is 6.56. The normalized spacial score (nSPS) is 28.1. The van der Waals surface area contributed by atoms with Crippen LogP contribution in [0, 0.1) is 35.5 Å². The van der Waals surface area contributed by atoms with E-state index in [0.29, 0.717) is 11.1 Å². The Morgan fingerprint density at radius 3 is 1.20 bits per heavy atom. The van der Waals surface area contributed by atoms with E-state index in [-0.39, 0.29) is 26.3 Å². The Kier molecular flexibility index (Phi) is 6.53. The van der Waals surface area contributed by atoms with Gasteiger partial charge in [-0.05, 0) is 24.3 Å². The first kappa shape index (κ1) is 25.7. The fourth-order valence-corrected chi connectivity index (χ4v) is 6.56. The highest BCUT2D eigenvalue weighted by atomic mass is 16.5. The Hall–Kier alpha value is -4.60. The molecular weight excluding hydrogens is 516 g/mol. The van der Waals surface area contributed by atoms with Crippen LogP contribution in [0.3, 0.4) is 0 Å². The van der Waals surface area contributed by atoms with E-state index in [9.17, 15) is 28.8 Å². The van der Waals surface area contributed by atoms with E-state index < -0.39 is 71.1 Å². The molecule has 3 aliphatic carbocycles. The predicted molar refractivity (Wildman–Crippen MR) is 137 cm³/mol. The van der Waals surface area contributed by atoms with E-state index in [1.54, 1.807) is 72.8 Å². The van der Waals surface area contributed by atoms with Gasteiger partial charge in [-0.25, -0.2) is 9.59 Å². The molecule has 3 fully saturated rings. The van der Waals surface area contributed by atoms with Crippen LogP contribution >= 0.6 is 0 Å². The summed E-state index contributed by atoms with van der Waals surface area (Å²) in [5.41, 5.74) is 0.725. The lowest BCUT2D eigenvalue weighted by Crippen LogP contribution is -2.50. The third-order valence-corrected chi connectivity index (χ3v) is 8.31. The topological polar surface area (TPSA) is 127 Å². The van der Waals surface area contributed by atoms with E-state index in [2.05, 4.69) is 0 Å². The fraction of sp³-hybridized carbons (Fsp3) is 0.333. The Bertz CT molecular complexity index is 1270. The van der Waals surface area contributed by atoms with Gasteiger partial charge in [0.1, 0.15) is 13.2 Å². The molecule has 2 aromatic carbocycles. The van der Waals surface area contributed by atoms with Crippen LogP contribution in [0.15, 0.2) is 72.8 Å². The standard InChI is InChI=1S/C30H26N2O8/c33-25-21-19-11-12-20(22(21)26(34)31(25)13-15-39-29(37)17-7-3-1-4-8-17)24-23(19)27(35)32(28(24)36)14-16-40-30(38)18-9-5-2-6-10-18/h1-12,19-24H,13-16H2. The van der Waals surface area contributed by atoms with Gasteiger partial charge < -0.3 is 9.47 Å². The number of carbonyl (C=O) groups excluding carboxylic acids is 6. The number of carbonyl (C=O) groups is 6. The number of amides is 4. The molecule has 4 atom stereocenters. The first-order valence-electron chi connectivity index (χ1n) is 13.2. The van der Waals surface area contributed by atoms with Gasteiger partial charge in [-0.15, -0.1) is 0 Å². The molecule has 7 rings (SSSR count). The summed E-state index contributed by atoms with van der Waals surface area (Å²) < 4.78 is 10.5. The van der Waals surface area contributed by atoms with E-state index >= 15 is 0 Å². The van der Waals surface area contributed by atoms with Crippen LogP contribution in [0.1, 0.15) is 20.7 Å². The molecule has 10 nitrogen and oxygen atoms in total. The first-order chi connectivity index (χ1) is 19.4. The maximum absolute atomic E-state index is 13.4. The number of benzene rings is 2. The summed E-state index contributed by atoms with van der Waals surface area (Å²) in [5.74, 6) is -6.97. The molecule has 5 aliphatic rings. The van der Waals surface area contributed by atoms with Crippen molar-refractivity contribution in [2.75, 3.05) is 26.3 Å². The minimum absolute atomic E-state index is 0.0984. The van der Waals surface area contributed by atoms with Gasteiger partial charge in [0.25, 0.3) is 0 Å². The van der Waals surface area contributed by atoms with Crippen molar-refractivity contribution in [3.05, 3.63) is 83.9 Å². The average molecular weight is 543 g/mol. The van der Waals surface area contributed by atoms with E-state index in [0.717, 1.165) is 9.80 Å². The highest BCUT2D eigenvalue weighted by Crippen LogP contribution is 2.57. The van der Waals surface area contributed by atoms with Gasteiger partial charge in [0.05, 0.1) is 47.9 Å². The number of hydrogen-bond donors (Lipinski definition) is 0. The van der Waals surface area contributed by atoms with Crippen LogP contribution in [0.4, 0.5) is 0 Å². The highest BCUT2D eigenvalue weighted by Gasteiger charge is 2.68. The predicted octanol–water partition coefficient (Wildman–Crippen LogP) is 1.72. The van der Waals surface area contributed by atoms with Gasteiger partial charge in [-0.2, -0.15) is 0 Å². The lowest BCUT2D eigenvalue weighted by Gasteiger charge is -2.44. The van der Waals surface area contributed by atoms with E-state index in [1.165, 1.54) is 0 Å². The molecule has 0 radical (unpaired) electrons. The quantitative estimate of drug-likeness (QED) is 0.280. The molecule has 2 heterocycles. The number of nitrogens with zero attached hydrogens (tertiary/aromatic N) is 2. The van der Waals surface area contributed by atoms with Crippen LogP contribution in [-0.4, -0.2) is 71.7 Å². The van der Waals surface area contributed by atoms with Crippen molar-refractivity contribution in [2.24, 2.45) is 35.5 Å². The summed E-state index contributed by atoms with van der Waals surface area (Å²) in [5, 5.41) is 0. The molecule has 4 unspecified atom stereocenters. The second kappa shape index (κ2) is 10.2. The average Bonchev–Trinajstić information content (AvgIpc) is 3.40. The van der Waals surface area contributed by atoms with Crippen LogP contribution in [0.5, 0.6) is 0 Å². The summed E-state index contributed by atoms with van der Waals surface area (Å²) >= 11 is 0. The van der Waals surface area contributed by atoms with Crippen molar-refractivity contribution in [3.8, 4) is 0 Å². The number of rotatable bonds is 8. The maximum atomic E-state index is 13.4. The highest BCUT2D eigenvalue weighted by molar-refractivity contribution is 6.11. The zero-order valence-corrected chi connectivity index (χ0v) is 21.4. The smallest absolute Gasteiger partial charge is 0.338 e. The molecule has 204 valence electrons. The number of hydrogen-bond acceptors (Lipinski definition) is 8. The van der Waals surface area contributed by atoms with Crippen molar-refractivity contribution in [3.63, 3.8) is 0 Å². The molecule has 2 aliphatic heterocycles. The Morgan fingerprint density at radius 1 is 0.550 bits per heavy atom. The summed E-state index contributed by atoms with van der Waals surface area (Å²) in [6, 6.07) is 16.8. The van der Waals surface area contributed by atoms with Gasteiger partial charge in [-0.3, -0.25) is 29.0 Å². The van der Waals surface area contributed by atoms with Crippen molar-refractivity contribution in [1.82, 2.24) is 9.80 Å². The molecule has 0 aromatic heterocycles. The first-order valence-corrected chi connectivity index (χ1v) is 13.2. The zero-order chi connectivity index (χ0) is 28.0. The van der Waals surface area contributed by atoms with Gasteiger partial charge in [-0.1, -0.05) is 48.6 Å². The van der Waals surface area contributed by atoms with Gasteiger partial charge in [0.15, 0.2) is 0 Å². The Morgan fingerprint density at radius 2 is 0.875 bits per heavy atom. The number of esters is 2. The van der Waals surface area contributed by atoms with Crippen molar-refractivity contribution < 1.29 is 38.2 Å². The molecule has 40 heavy (non-hydrogen) atoms. The summed E-state index contributed by atoms with van der Waals surface area (Å²) in [6.45, 7) is -0.515. The minimum atomic E-state index is -0.749.